The van der Waals surface area contributed by atoms with Crippen LogP contribution in [0.25, 0.3) is 0 Å². The summed E-state index contributed by atoms with van der Waals surface area (Å²) >= 11 is 0. The van der Waals surface area contributed by atoms with E-state index < -0.39 is 6.10 Å². The highest BCUT2D eigenvalue weighted by Crippen LogP contribution is 2.20. The van der Waals surface area contributed by atoms with Crippen LogP contribution in [0.2, 0.25) is 0 Å². The number of aliphatic hydroxyl groups excluding tert-OH is 1. The van der Waals surface area contributed by atoms with Crippen molar-refractivity contribution in [2.75, 3.05) is 0 Å². The van der Waals surface area contributed by atoms with Crippen molar-refractivity contribution in [3.63, 3.8) is 0 Å². The third-order valence-corrected chi connectivity index (χ3v) is 3.60. The molecule has 0 saturated carbocycles. The predicted octanol–water partition coefficient (Wildman–Crippen LogP) is 3.28. The van der Waals surface area contributed by atoms with E-state index in [-0.39, 0.29) is 0 Å². The average molecular weight is 272 g/mol. The summed E-state index contributed by atoms with van der Waals surface area (Å²) in [5.41, 5.74) is 3.49. The number of nitrogens with zero attached hydrogens (tertiary/aromatic N) is 2. The standard InChI is InChI=1S/C17H24N2O/c1-13(2)12-14-4-6-15(7-5-14)17(20)9-8-16-10-11-18-19(16)3/h4-7,10-11,13,17,20H,8-9,12H2,1-3H3. The number of rotatable bonds is 6. The average Bonchev–Trinajstić information content (AvgIpc) is 2.82. The Labute approximate surface area is 121 Å². The van der Waals surface area contributed by atoms with Gasteiger partial charge in [-0.3, -0.25) is 4.68 Å². The predicted molar refractivity (Wildman–Crippen MR) is 81.5 cm³/mol. The molecular formula is C17H24N2O. The maximum Gasteiger partial charge on any atom is 0.0793 e. The molecule has 0 amide bonds. The zero-order valence-electron chi connectivity index (χ0n) is 12.6. The molecular weight excluding hydrogens is 248 g/mol. The Hall–Kier alpha value is -1.61. The zero-order valence-corrected chi connectivity index (χ0v) is 12.6. The second-order valence-electron chi connectivity index (χ2n) is 5.84. The first-order chi connectivity index (χ1) is 9.56. The quantitative estimate of drug-likeness (QED) is 0.876. The summed E-state index contributed by atoms with van der Waals surface area (Å²) in [6, 6.07) is 10.3. The van der Waals surface area contributed by atoms with E-state index in [1.54, 1.807) is 6.20 Å². The minimum absolute atomic E-state index is 0.405. The third-order valence-electron chi connectivity index (χ3n) is 3.60. The lowest BCUT2D eigenvalue weighted by atomic mass is 9.98. The van der Waals surface area contributed by atoms with E-state index in [0.717, 1.165) is 30.5 Å². The van der Waals surface area contributed by atoms with Crippen LogP contribution in [-0.2, 0) is 19.9 Å². The van der Waals surface area contributed by atoms with Crippen molar-refractivity contribution in [3.8, 4) is 0 Å². The van der Waals surface area contributed by atoms with Crippen LogP contribution in [0, 0.1) is 5.92 Å². The Bertz CT molecular complexity index is 528. The highest BCUT2D eigenvalue weighted by atomic mass is 16.3. The molecule has 0 fully saturated rings. The van der Waals surface area contributed by atoms with Gasteiger partial charge in [-0.25, -0.2) is 0 Å². The lowest BCUT2D eigenvalue weighted by molar-refractivity contribution is 0.167. The Morgan fingerprint density at radius 2 is 1.85 bits per heavy atom. The summed E-state index contributed by atoms with van der Waals surface area (Å²) in [5, 5.41) is 14.4. The second kappa shape index (κ2) is 6.71. The van der Waals surface area contributed by atoms with Crippen LogP contribution in [0.4, 0.5) is 0 Å². The van der Waals surface area contributed by atoms with Gasteiger partial charge < -0.3 is 5.11 Å². The van der Waals surface area contributed by atoms with Crippen LogP contribution in [0.5, 0.6) is 0 Å². The van der Waals surface area contributed by atoms with Crippen LogP contribution in [0.3, 0.4) is 0 Å². The summed E-state index contributed by atoms with van der Waals surface area (Å²) in [6.45, 7) is 4.44. The maximum absolute atomic E-state index is 10.3. The fraction of sp³-hybridized carbons (Fsp3) is 0.471. The van der Waals surface area contributed by atoms with E-state index in [2.05, 4.69) is 31.1 Å². The summed E-state index contributed by atoms with van der Waals surface area (Å²) in [4.78, 5) is 0. The lowest BCUT2D eigenvalue weighted by Gasteiger charge is -2.12. The van der Waals surface area contributed by atoms with Crippen molar-refractivity contribution in [3.05, 3.63) is 53.3 Å². The van der Waals surface area contributed by atoms with Gasteiger partial charge in [0.05, 0.1) is 6.10 Å². The molecule has 1 unspecified atom stereocenters. The molecule has 1 N–H and O–H groups in total. The molecule has 20 heavy (non-hydrogen) atoms. The van der Waals surface area contributed by atoms with Crippen LogP contribution >= 0.6 is 0 Å². The summed E-state index contributed by atoms with van der Waals surface area (Å²) in [5.74, 6) is 0.663. The van der Waals surface area contributed by atoms with Crippen LogP contribution < -0.4 is 0 Å². The number of aromatic nitrogens is 2. The molecule has 0 spiro atoms. The molecule has 1 aromatic carbocycles. The number of benzene rings is 1. The molecule has 0 bridgehead atoms. The van der Waals surface area contributed by atoms with Crippen LogP contribution in [0.15, 0.2) is 36.5 Å². The Morgan fingerprint density at radius 3 is 2.40 bits per heavy atom. The van der Waals surface area contributed by atoms with E-state index in [1.165, 1.54) is 5.56 Å². The normalized spacial score (nSPS) is 12.8. The van der Waals surface area contributed by atoms with Gasteiger partial charge in [-0.05, 0) is 42.4 Å². The first kappa shape index (κ1) is 14.8. The fourth-order valence-corrected chi connectivity index (χ4v) is 2.45. The molecule has 1 heterocycles. The fourth-order valence-electron chi connectivity index (χ4n) is 2.45. The number of aliphatic hydroxyl groups is 1. The van der Waals surface area contributed by atoms with Gasteiger partial charge in [-0.1, -0.05) is 38.1 Å². The van der Waals surface area contributed by atoms with Crippen molar-refractivity contribution in [1.82, 2.24) is 9.78 Å². The van der Waals surface area contributed by atoms with Crippen molar-refractivity contribution in [2.45, 2.75) is 39.2 Å². The van der Waals surface area contributed by atoms with Gasteiger partial charge in [-0.2, -0.15) is 5.10 Å². The Balaban J connectivity index is 1.92. The molecule has 3 nitrogen and oxygen atoms in total. The van der Waals surface area contributed by atoms with Gasteiger partial charge in [0.25, 0.3) is 0 Å². The van der Waals surface area contributed by atoms with Crippen LogP contribution in [-0.4, -0.2) is 14.9 Å². The molecule has 108 valence electrons. The molecule has 0 radical (unpaired) electrons. The van der Waals surface area contributed by atoms with Gasteiger partial charge in [0, 0.05) is 18.9 Å². The smallest absolute Gasteiger partial charge is 0.0793 e. The molecule has 1 atom stereocenters. The summed E-state index contributed by atoms with van der Waals surface area (Å²) in [7, 11) is 1.93. The Morgan fingerprint density at radius 1 is 1.15 bits per heavy atom. The molecule has 0 aliphatic rings. The SMILES string of the molecule is CC(C)Cc1ccc(C(O)CCc2ccnn2C)cc1. The van der Waals surface area contributed by atoms with Crippen molar-refractivity contribution in [2.24, 2.45) is 13.0 Å². The highest BCUT2D eigenvalue weighted by molar-refractivity contribution is 5.24. The Kier molecular flexibility index (Phi) is 4.96. The van der Waals surface area contributed by atoms with E-state index in [9.17, 15) is 5.11 Å². The minimum atomic E-state index is -0.405. The van der Waals surface area contributed by atoms with Gasteiger partial charge in [0.2, 0.25) is 0 Å². The number of aryl methyl sites for hydroxylation is 2. The lowest BCUT2D eigenvalue weighted by Crippen LogP contribution is -2.04. The first-order valence-electron chi connectivity index (χ1n) is 7.30. The highest BCUT2D eigenvalue weighted by Gasteiger charge is 2.09. The topological polar surface area (TPSA) is 38.1 Å². The monoisotopic (exact) mass is 272 g/mol. The van der Waals surface area contributed by atoms with Crippen molar-refractivity contribution in [1.29, 1.82) is 0 Å². The van der Waals surface area contributed by atoms with E-state index in [4.69, 9.17) is 0 Å². The summed E-state index contributed by atoms with van der Waals surface area (Å²) in [6.07, 6.45) is 4.04. The summed E-state index contributed by atoms with van der Waals surface area (Å²) < 4.78 is 1.86. The van der Waals surface area contributed by atoms with Gasteiger partial charge in [0.1, 0.15) is 0 Å². The molecule has 0 aliphatic heterocycles. The molecule has 1 aromatic heterocycles. The van der Waals surface area contributed by atoms with Gasteiger partial charge in [-0.15, -0.1) is 0 Å². The molecule has 0 saturated heterocycles. The zero-order chi connectivity index (χ0) is 14.5. The van der Waals surface area contributed by atoms with Crippen molar-refractivity contribution < 1.29 is 5.11 Å². The van der Waals surface area contributed by atoms with E-state index in [0.29, 0.717) is 5.92 Å². The van der Waals surface area contributed by atoms with E-state index in [1.807, 2.05) is 29.9 Å². The molecule has 3 heteroatoms. The largest absolute Gasteiger partial charge is 0.388 e. The second-order valence-corrected chi connectivity index (χ2v) is 5.84. The van der Waals surface area contributed by atoms with Crippen LogP contribution in [0.1, 0.15) is 43.2 Å². The van der Waals surface area contributed by atoms with E-state index >= 15 is 0 Å². The maximum atomic E-state index is 10.3. The minimum Gasteiger partial charge on any atom is -0.388 e. The molecule has 2 rings (SSSR count). The third kappa shape index (κ3) is 3.94. The molecule has 0 aliphatic carbocycles. The first-order valence-corrected chi connectivity index (χ1v) is 7.30. The number of hydrogen-bond acceptors (Lipinski definition) is 2. The van der Waals surface area contributed by atoms with Crippen molar-refractivity contribution >= 4 is 0 Å². The number of hydrogen-bond donors (Lipinski definition) is 1. The van der Waals surface area contributed by atoms with Gasteiger partial charge >= 0.3 is 0 Å². The van der Waals surface area contributed by atoms with Gasteiger partial charge in [0.15, 0.2) is 0 Å². The molecule has 2 aromatic rings.